The molecule has 1 aliphatic rings. The largest absolute Gasteiger partial charge is 0.395 e. The van der Waals surface area contributed by atoms with Gasteiger partial charge in [-0.2, -0.15) is 0 Å². The van der Waals surface area contributed by atoms with Crippen molar-refractivity contribution >= 4 is 0 Å². The highest BCUT2D eigenvalue weighted by atomic mass is 16.3. The molecule has 1 aromatic rings. The second-order valence-electron chi connectivity index (χ2n) is 5.53. The number of aliphatic hydroxyl groups is 2. The molecule has 3 nitrogen and oxygen atoms in total. The fourth-order valence-corrected chi connectivity index (χ4v) is 2.83. The second kappa shape index (κ2) is 5.83. The lowest BCUT2D eigenvalue weighted by Crippen LogP contribution is -2.44. The van der Waals surface area contributed by atoms with Crippen LogP contribution in [0.2, 0.25) is 0 Å². The normalized spacial score (nSPS) is 24.1. The van der Waals surface area contributed by atoms with Crippen LogP contribution in [0.15, 0.2) is 30.3 Å². The van der Waals surface area contributed by atoms with E-state index in [1.165, 1.54) is 0 Å². The molecule has 1 aromatic carbocycles. The molecule has 0 spiro atoms. The van der Waals surface area contributed by atoms with Gasteiger partial charge in [0.05, 0.1) is 13.2 Å². The Hall–Kier alpha value is -0.900. The molecular weight excluding hydrogens is 226 g/mol. The predicted octanol–water partition coefficient (Wildman–Crippen LogP) is 1.39. The van der Waals surface area contributed by atoms with Crippen molar-refractivity contribution in [2.75, 3.05) is 26.3 Å². The number of nitrogens with zero attached hydrogens (tertiary/aromatic N) is 1. The van der Waals surface area contributed by atoms with E-state index in [1.807, 2.05) is 18.2 Å². The molecule has 3 heteroatoms. The van der Waals surface area contributed by atoms with E-state index in [0.29, 0.717) is 0 Å². The molecule has 2 rings (SSSR count). The van der Waals surface area contributed by atoms with Gasteiger partial charge in [-0.05, 0) is 24.9 Å². The third-order valence-electron chi connectivity index (χ3n) is 4.08. The lowest BCUT2D eigenvalue weighted by Gasteiger charge is -2.35. The Morgan fingerprint density at radius 1 is 1.28 bits per heavy atom. The first kappa shape index (κ1) is 13.5. The van der Waals surface area contributed by atoms with Crippen LogP contribution in [0.4, 0.5) is 0 Å². The molecule has 1 aliphatic heterocycles. The predicted molar refractivity (Wildman–Crippen MR) is 72.6 cm³/mol. The molecule has 0 saturated carbocycles. The molecule has 100 valence electrons. The fourth-order valence-electron chi connectivity index (χ4n) is 2.83. The molecule has 0 radical (unpaired) electrons. The summed E-state index contributed by atoms with van der Waals surface area (Å²) in [5, 5.41) is 19.1. The molecule has 0 aliphatic carbocycles. The Morgan fingerprint density at radius 2 is 2.00 bits per heavy atom. The van der Waals surface area contributed by atoms with E-state index in [4.69, 9.17) is 0 Å². The van der Waals surface area contributed by atoms with Crippen molar-refractivity contribution in [1.82, 2.24) is 4.90 Å². The van der Waals surface area contributed by atoms with Crippen LogP contribution in [0.1, 0.15) is 25.3 Å². The molecule has 1 fully saturated rings. The first-order chi connectivity index (χ1) is 8.69. The lowest BCUT2D eigenvalue weighted by molar-refractivity contribution is 0.107. The quantitative estimate of drug-likeness (QED) is 0.829. The van der Waals surface area contributed by atoms with Crippen LogP contribution in [-0.2, 0) is 5.41 Å². The summed E-state index contributed by atoms with van der Waals surface area (Å²) >= 11 is 0. The number of rotatable bonds is 5. The number of benzene rings is 1. The summed E-state index contributed by atoms with van der Waals surface area (Å²) in [6.45, 7) is 4.27. The maximum absolute atomic E-state index is 9.77. The van der Waals surface area contributed by atoms with Crippen LogP contribution in [0.25, 0.3) is 0 Å². The topological polar surface area (TPSA) is 43.7 Å². The molecule has 18 heavy (non-hydrogen) atoms. The minimum absolute atomic E-state index is 0.131. The van der Waals surface area contributed by atoms with Crippen LogP contribution >= 0.6 is 0 Å². The monoisotopic (exact) mass is 249 g/mol. The van der Waals surface area contributed by atoms with Gasteiger partial charge in [0.15, 0.2) is 0 Å². The Balaban J connectivity index is 2.13. The summed E-state index contributed by atoms with van der Waals surface area (Å²) in [7, 11) is 0. The average Bonchev–Trinajstić information content (AvgIpc) is 2.86. The van der Waals surface area contributed by atoms with Crippen molar-refractivity contribution in [1.29, 1.82) is 0 Å². The third-order valence-corrected chi connectivity index (χ3v) is 4.08. The van der Waals surface area contributed by atoms with Gasteiger partial charge in [0, 0.05) is 18.0 Å². The molecule has 0 aromatic heterocycles. The third kappa shape index (κ3) is 2.74. The molecule has 1 heterocycles. The number of aliphatic hydroxyl groups excluding tert-OH is 2. The first-order valence-electron chi connectivity index (χ1n) is 6.71. The van der Waals surface area contributed by atoms with Crippen molar-refractivity contribution in [3.05, 3.63) is 35.9 Å². The van der Waals surface area contributed by atoms with Gasteiger partial charge in [0.1, 0.15) is 0 Å². The summed E-state index contributed by atoms with van der Waals surface area (Å²) in [6.07, 6.45) is 2.20. The molecular formula is C15H23NO2. The maximum atomic E-state index is 9.77. The van der Waals surface area contributed by atoms with Crippen LogP contribution < -0.4 is 0 Å². The van der Waals surface area contributed by atoms with Gasteiger partial charge in [-0.3, -0.25) is 4.90 Å². The van der Waals surface area contributed by atoms with Gasteiger partial charge in [-0.15, -0.1) is 0 Å². The van der Waals surface area contributed by atoms with Crippen molar-refractivity contribution in [3.8, 4) is 0 Å². The van der Waals surface area contributed by atoms with E-state index in [2.05, 4.69) is 24.0 Å². The summed E-state index contributed by atoms with van der Waals surface area (Å²) in [6, 6.07) is 10.4. The minimum atomic E-state index is -0.251. The van der Waals surface area contributed by atoms with E-state index >= 15 is 0 Å². The van der Waals surface area contributed by atoms with Crippen molar-refractivity contribution in [2.24, 2.45) is 0 Å². The lowest BCUT2D eigenvalue weighted by atomic mass is 9.82. The number of hydrogen-bond acceptors (Lipinski definition) is 3. The Bertz CT molecular complexity index is 368. The highest BCUT2D eigenvalue weighted by Gasteiger charge is 2.33. The van der Waals surface area contributed by atoms with Crippen molar-refractivity contribution < 1.29 is 10.2 Å². The maximum Gasteiger partial charge on any atom is 0.0586 e. The minimum Gasteiger partial charge on any atom is -0.395 e. The van der Waals surface area contributed by atoms with Crippen LogP contribution in [-0.4, -0.2) is 47.5 Å². The SMILES string of the molecule is CC(CO)(CN1CCCC1CO)c1ccccc1. The number of likely N-dealkylation sites (tertiary alicyclic amines) is 1. The van der Waals surface area contributed by atoms with Gasteiger partial charge < -0.3 is 10.2 Å². The second-order valence-corrected chi connectivity index (χ2v) is 5.53. The Labute approximate surface area is 109 Å². The van der Waals surface area contributed by atoms with Gasteiger partial charge in [0.2, 0.25) is 0 Å². The van der Waals surface area contributed by atoms with E-state index in [0.717, 1.165) is 31.5 Å². The van der Waals surface area contributed by atoms with Crippen molar-refractivity contribution in [2.45, 2.75) is 31.2 Å². The molecule has 2 atom stereocenters. The van der Waals surface area contributed by atoms with Gasteiger partial charge in [0.25, 0.3) is 0 Å². The standard InChI is InChI=1S/C15H23NO2/c1-15(12-18,13-6-3-2-4-7-13)11-16-9-5-8-14(16)10-17/h2-4,6-7,14,17-18H,5,8-12H2,1H3. The first-order valence-corrected chi connectivity index (χ1v) is 6.71. The Kier molecular flexibility index (Phi) is 4.38. The average molecular weight is 249 g/mol. The van der Waals surface area contributed by atoms with Crippen LogP contribution in [0.3, 0.4) is 0 Å². The van der Waals surface area contributed by atoms with Gasteiger partial charge >= 0.3 is 0 Å². The van der Waals surface area contributed by atoms with E-state index in [1.54, 1.807) is 0 Å². The highest BCUT2D eigenvalue weighted by molar-refractivity contribution is 5.25. The smallest absolute Gasteiger partial charge is 0.0586 e. The molecule has 1 saturated heterocycles. The highest BCUT2D eigenvalue weighted by Crippen LogP contribution is 2.28. The summed E-state index contributed by atoms with van der Waals surface area (Å²) < 4.78 is 0. The zero-order valence-corrected chi connectivity index (χ0v) is 11.0. The van der Waals surface area contributed by atoms with Crippen LogP contribution in [0.5, 0.6) is 0 Å². The fraction of sp³-hybridized carbons (Fsp3) is 0.600. The summed E-state index contributed by atoms with van der Waals surface area (Å²) in [4.78, 5) is 2.31. The van der Waals surface area contributed by atoms with E-state index in [-0.39, 0.29) is 24.7 Å². The molecule has 0 amide bonds. The molecule has 0 bridgehead atoms. The molecule has 2 N–H and O–H groups in total. The summed E-state index contributed by atoms with van der Waals surface area (Å²) in [5.41, 5.74) is 0.912. The van der Waals surface area contributed by atoms with Gasteiger partial charge in [-0.25, -0.2) is 0 Å². The zero-order chi connectivity index (χ0) is 13.0. The van der Waals surface area contributed by atoms with E-state index in [9.17, 15) is 10.2 Å². The Morgan fingerprint density at radius 3 is 2.61 bits per heavy atom. The summed E-state index contributed by atoms with van der Waals surface area (Å²) in [5.74, 6) is 0. The van der Waals surface area contributed by atoms with Gasteiger partial charge in [-0.1, -0.05) is 37.3 Å². The zero-order valence-electron chi connectivity index (χ0n) is 11.0. The van der Waals surface area contributed by atoms with E-state index < -0.39 is 0 Å². The molecule has 2 unspecified atom stereocenters. The number of hydrogen-bond donors (Lipinski definition) is 2. The van der Waals surface area contributed by atoms with Crippen LogP contribution in [0, 0.1) is 0 Å². The van der Waals surface area contributed by atoms with Crippen molar-refractivity contribution in [3.63, 3.8) is 0 Å².